The second-order valence-corrected chi connectivity index (χ2v) is 4.97. The van der Waals surface area contributed by atoms with E-state index < -0.39 is 0 Å². The summed E-state index contributed by atoms with van der Waals surface area (Å²) in [5.74, 6) is -0.458. The van der Waals surface area contributed by atoms with Gasteiger partial charge in [-0.25, -0.2) is 8.78 Å². The Bertz CT molecular complexity index is 574. The predicted octanol–water partition coefficient (Wildman–Crippen LogP) is 3.88. The summed E-state index contributed by atoms with van der Waals surface area (Å²) in [7, 11) is 0. The van der Waals surface area contributed by atoms with E-state index in [-0.39, 0.29) is 11.6 Å². The molecule has 98 valence electrons. The molecule has 19 heavy (non-hydrogen) atoms. The Morgan fingerprint density at radius 3 is 2.32 bits per heavy atom. The Labute approximate surface area is 111 Å². The van der Waals surface area contributed by atoms with Crippen LogP contribution in [0.5, 0.6) is 0 Å². The number of halogens is 2. The largest absolute Gasteiger partial charge is 0.310 e. The summed E-state index contributed by atoms with van der Waals surface area (Å²) in [6.07, 6.45) is 2.36. The summed E-state index contributed by atoms with van der Waals surface area (Å²) in [6, 6.07) is 11.8. The quantitative estimate of drug-likeness (QED) is 0.878. The number of nitrogens with one attached hydrogen (secondary N) is 1. The molecule has 2 aromatic rings. The molecule has 0 heterocycles. The van der Waals surface area contributed by atoms with Crippen LogP contribution in [0.1, 0.15) is 18.4 Å². The highest BCUT2D eigenvalue weighted by Crippen LogP contribution is 2.24. The van der Waals surface area contributed by atoms with Gasteiger partial charge < -0.3 is 5.32 Å². The lowest BCUT2D eigenvalue weighted by molar-refractivity contribution is 0.587. The SMILES string of the molecule is Fc1ccc(-c2ccc(F)c(CNC3CC3)c2)cc1. The van der Waals surface area contributed by atoms with Crippen molar-refractivity contribution in [2.75, 3.05) is 0 Å². The summed E-state index contributed by atoms with van der Waals surface area (Å²) in [5, 5.41) is 3.30. The number of rotatable bonds is 4. The van der Waals surface area contributed by atoms with Crippen LogP contribution >= 0.6 is 0 Å². The van der Waals surface area contributed by atoms with Crippen molar-refractivity contribution in [2.24, 2.45) is 0 Å². The van der Waals surface area contributed by atoms with E-state index in [1.54, 1.807) is 18.2 Å². The fourth-order valence-electron chi connectivity index (χ4n) is 2.07. The minimum atomic E-state index is -0.263. The van der Waals surface area contributed by atoms with Crippen LogP contribution in [0.2, 0.25) is 0 Å². The van der Waals surface area contributed by atoms with E-state index in [0.717, 1.165) is 11.1 Å². The molecule has 0 bridgehead atoms. The first-order valence-electron chi connectivity index (χ1n) is 6.50. The van der Waals surface area contributed by atoms with Crippen LogP contribution in [0.15, 0.2) is 42.5 Å². The summed E-state index contributed by atoms with van der Waals surface area (Å²) in [5.41, 5.74) is 2.47. The van der Waals surface area contributed by atoms with Crippen molar-refractivity contribution in [1.29, 1.82) is 0 Å². The highest BCUT2D eigenvalue weighted by atomic mass is 19.1. The molecule has 0 saturated heterocycles. The first kappa shape index (κ1) is 12.3. The van der Waals surface area contributed by atoms with E-state index in [1.165, 1.54) is 31.0 Å². The van der Waals surface area contributed by atoms with Gasteiger partial charge in [0.05, 0.1) is 0 Å². The Morgan fingerprint density at radius 2 is 1.63 bits per heavy atom. The molecule has 3 rings (SSSR count). The zero-order valence-electron chi connectivity index (χ0n) is 10.5. The summed E-state index contributed by atoms with van der Waals surface area (Å²) in [6.45, 7) is 0.547. The van der Waals surface area contributed by atoms with Gasteiger partial charge in [0, 0.05) is 18.2 Å². The first-order chi connectivity index (χ1) is 9.22. The second kappa shape index (κ2) is 5.10. The van der Waals surface area contributed by atoms with Gasteiger partial charge >= 0.3 is 0 Å². The fraction of sp³-hybridized carbons (Fsp3) is 0.250. The van der Waals surface area contributed by atoms with E-state index >= 15 is 0 Å². The van der Waals surface area contributed by atoms with E-state index in [0.29, 0.717) is 18.2 Å². The molecule has 1 aliphatic carbocycles. The van der Waals surface area contributed by atoms with Gasteiger partial charge in [0.15, 0.2) is 0 Å². The Hall–Kier alpha value is -1.74. The molecule has 2 aromatic carbocycles. The number of benzene rings is 2. The molecule has 1 nitrogen and oxygen atoms in total. The third-order valence-corrected chi connectivity index (χ3v) is 3.38. The lowest BCUT2D eigenvalue weighted by atomic mass is 10.0. The lowest BCUT2D eigenvalue weighted by Crippen LogP contribution is -2.16. The molecule has 0 aliphatic heterocycles. The third kappa shape index (κ3) is 2.99. The maximum Gasteiger partial charge on any atom is 0.127 e. The van der Waals surface area contributed by atoms with Crippen LogP contribution in [0.3, 0.4) is 0 Å². The summed E-state index contributed by atoms with van der Waals surface area (Å²) < 4.78 is 26.6. The zero-order chi connectivity index (χ0) is 13.2. The highest BCUT2D eigenvalue weighted by molar-refractivity contribution is 5.64. The first-order valence-corrected chi connectivity index (χ1v) is 6.50. The van der Waals surface area contributed by atoms with E-state index in [4.69, 9.17) is 0 Å². The molecule has 0 aromatic heterocycles. The Balaban J connectivity index is 1.84. The molecule has 3 heteroatoms. The number of hydrogen-bond acceptors (Lipinski definition) is 1. The van der Waals surface area contributed by atoms with Gasteiger partial charge in [0.2, 0.25) is 0 Å². The maximum atomic E-state index is 13.7. The summed E-state index contributed by atoms with van der Waals surface area (Å²) in [4.78, 5) is 0. The van der Waals surface area contributed by atoms with Crippen molar-refractivity contribution < 1.29 is 8.78 Å². The van der Waals surface area contributed by atoms with Crippen molar-refractivity contribution in [1.82, 2.24) is 5.32 Å². The molecule has 0 amide bonds. The smallest absolute Gasteiger partial charge is 0.127 e. The second-order valence-electron chi connectivity index (χ2n) is 4.97. The van der Waals surface area contributed by atoms with Crippen molar-refractivity contribution in [3.05, 3.63) is 59.7 Å². The van der Waals surface area contributed by atoms with Gasteiger partial charge in [-0.1, -0.05) is 18.2 Å². The molecular weight excluding hydrogens is 244 g/mol. The monoisotopic (exact) mass is 259 g/mol. The Kier molecular flexibility index (Phi) is 3.30. The van der Waals surface area contributed by atoms with E-state index in [1.807, 2.05) is 6.07 Å². The van der Waals surface area contributed by atoms with Gasteiger partial charge in [-0.05, 0) is 48.2 Å². The van der Waals surface area contributed by atoms with Gasteiger partial charge in [-0.15, -0.1) is 0 Å². The molecule has 1 fully saturated rings. The summed E-state index contributed by atoms with van der Waals surface area (Å²) >= 11 is 0. The van der Waals surface area contributed by atoms with Crippen LogP contribution in [-0.4, -0.2) is 6.04 Å². The van der Waals surface area contributed by atoms with Crippen LogP contribution in [-0.2, 0) is 6.54 Å². The van der Waals surface area contributed by atoms with Crippen LogP contribution in [0.25, 0.3) is 11.1 Å². The molecule has 0 atom stereocenters. The molecule has 1 N–H and O–H groups in total. The molecule has 0 unspecified atom stereocenters. The fourth-order valence-corrected chi connectivity index (χ4v) is 2.07. The van der Waals surface area contributed by atoms with Crippen LogP contribution in [0.4, 0.5) is 8.78 Å². The molecule has 1 saturated carbocycles. The zero-order valence-corrected chi connectivity index (χ0v) is 10.5. The van der Waals surface area contributed by atoms with Gasteiger partial charge in [0.1, 0.15) is 11.6 Å². The van der Waals surface area contributed by atoms with Crippen LogP contribution < -0.4 is 5.32 Å². The standard InChI is InChI=1S/C16H15F2N/c17-14-4-1-11(2-5-14)12-3-8-16(18)13(9-12)10-19-15-6-7-15/h1-5,8-9,15,19H,6-7,10H2. The third-order valence-electron chi connectivity index (χ3n) is 3.38. The van der Waals surface area contributed by atoms with E-state index in [2.05, 4.69) is 5.32 Å². The van der Waals surface area contributed by atoms with Crippen LogP contribution in [0, 0.1) is 11.6 Å². The van der Waals surface area contributed by atoms with Gasteiger partial charge in [-0.3, -0.25) is 0 Å². The molecular formula is C16H15F2N. The van der Waals surface area contributed by atoms with Crippen molar-refractivity contribution >= 4 is 0 Å². The lowest BCUT2D eigenvalue weighted by Gasteiger charge is -2.08. The van der Waals surface area contributed by atoms with Crippen molar-refractivity contribution in [3.8, 4) is 11.1 Å². The maximum absolute atomic E-state index is 13.7. The predicted molar refractivity (Wildman–Crippen MR) is 71.7 cm³/mol. The molecule has 0 spiro atoms. The van der Waals surface area contributed by atoms with Crippen molar-refractivity contribution in [3.63, 3.8) is 0 Å². The molecule has 1 aliphatic rings. The Morgan fingerprint density at radius 1 is 0.947 bits per heavy atom. The minimum absolute atomic E-state index is 0.195. The normalized spacial score (nSPS) is 14.6. The van der Waals surface area contributed by atoms with Gasteiger partial charge in [0.25, 0.3) is 0 Å². The topological polar surface area (TPSA) is 12.0 Å². The minimum Gasteiger partial charge on any atom is -0.310 e. The van der Waals surface area contributed by atoms with Crippen molar-refractivity contribution in [2.45, 2.75) is 25.4 Å². The number of hydrogen-bond donors (Lipinski definition) is 1. The average Bonchev–Trinajstić information content (AvgIpc) is 3.23. The highest BCUT2D eigenvalue weighted by Gasteiger charge is 2.20. The average molecular weight is 259 g/mol. The van der Waals surface area contributed by atoms with E-state index in [9.17, 15) is 8.78 Å². The van der Waals surface area contributed by atoms with Gasteiger partial charge in [-0.2, -0.15) is 0 Å². The molecule has 0 radical (unpaired) electrons.